The van der Waals surface area contributed by atoms with Gasteiger partial charge in [0.15, 0.2) is 0 Å². The number of benzene rings is 2. The van der Waals surface area contributed by atoms with Gasteiger partial charge in [-0.25, -0.2) is 4.79 Å². The third-order valence-electron chi connectivity index (χ3n) is 4.87. The summed E-state index contributed by atoms with van der Waals surface area (Å²) in [6, 6.07) is 9.51. The maximum Gasteiger partial charge on any atom is 0.341 e. The first-order valence-corrected chi connectivity index (χ1v) is 12.8. The number of halogens is 4. The molecule has 0 radical (unpaired) electrons. The number of rotatable bonds is 9. The van der Waals surface area contributed by atoms with Gasteiger partial charge >= 0.3 is 5.97 Å². The normalized spacial score (nSPS) is 10.6. The number of amides is 2. The molecule has 0 atom stereocenters. The van der Waals surface area contributed by atoms with Crippen LogP contribution in [0.15, 0.2) is 36.4 Å². The Balaban J connectivity index is 1.69. The first-order valence-electron chi connectivity index (χ1n) is 10.5. The van der Waals surface area contributed by atoms with E-state index in [0.29, 0.717) is 43.5 Å². The average molecular weight is 590 g/mol. The fourth-order valence-electron chi connectivity index (χ4n) is 3.13. The van der Waals surface area contributed by atoms with Gasteiger partial charge in [0.05, 0.1) is 39.9 Å². The van der Waals surface area contributed by atoms with E-state index in [-0.39, 0.29) is 34.4 Å². The lowest BCUT2D eigenvalue weighted by Gasteiger charge is -2.09. The van der Waals surface area contributed by atoms with Gasteiger partial charge in [0.25, 0.3) is 5.91 Å². The molecule has 0 fully saturated rings. The third kappa shape index (κ3) is 7.05. The molecule has 0 aliphatic heterocycles. The van der Waals surface area contributed by atoms with Crippen LogP contribution in [0.1, 0.15) is 38.4 Å². The fraction of sp³-hybridized carbons (Fsp3) is 0.208. The first kappa shape index (κ1) is 28.1. The van der Waals surface area contributed by atoms with Crippen LogP contribution < -0.4 is 15.4 Å². The number of nitrogens with one attached hydrogen (secondary N) is 2. The van der Waals surface area contributed by atoms with Crippen LogP contribution in [0.3, 0.4) is 0 Å². The number of carbonyl (C=O) groups excluding carboxylic acids is 3. The molecule has 2 amide bonds. The molecule has 2 N–H and O–H groups in total. The molecule has 0 aliphatic rings. The highest BCUT2D eigenvalue weighted by Gasteiger charge is 2.26. The van der Waals surface area contributed by atoms with Gasteiger partial charge in [-0.15, -0.1) is 11.3 Å². The number of anilines is 2. The van der Waals surface area contributed by atoms with Crippen LogP contribution in [0.5, 0.6) is 5.75 Å². The van der Waals surface area contributed by atoms with E-state index in [0.717, 1.165) is 11.3 Å². The van der Waals surface area contributed by atoms with Crippen molar-refractivity contribution in [2.45, 2.75) is 19.8 Å². The van der Waals surface area contributed by atoms with Crippen LogP contribution in [-0.2, 0) is 9.53 Å². The summed E-state index contributed by atoms with van der Waals surface area (Å²) in [7, 11) is 1.22. The van der Waals surface area contributed by atoms with E-state index in [1.165, 1.54) is 13.2 Å². The average Bonchev–Trinajstić information content (AvgIpc) is 3.15. The number of hydrogen-bond acceptors (Lipinski definition) is 6. The van der Waals surface area contributed by atoms with Gasteiger partial charge in [-0.1, -0.05) is 46.4 Å². The van der Waals surface area contributed by atoms with Gasteiger partial charge in [-0.3, -0.25) is 9.59 Å². The SMILES string of the molecule is COC(=O)c1c(NC(=O)CCCOc2ccc(Cl)cc2Cl)sc(C(=O)Nc2cc(Cl)ccc2Cl)c1C. The highest BCUT2D eigenvalue weighted by molar-refractivity contribution is 7.19. The van der Waals surface area contributed by atoms with Gasteiger partial charge in [0, 0.05) is 16.5 Å². The predicted molar refractivity (Wildman–Crippen MR) is 145 cm³/mol. The zero-order valence-electron chi connectivity index (χ0n) is 19.0. The Morgan fingerprint density at radius 1 is 0.944 bits per heavy atom. The number of methoxy groups -OCH3 is 1. The van der Waals surface area contributed by atoms with E-state index in [4.69, 9.17) is 55.9 Å². The molecule has 0 spiro atoms. The molecule has 0 saturated heterocycles. The van der Waals surface area contributed by atoms with Crippen LogP contribution in [-0.4, -0.2) is 31.5 Å². The van der Waals surface area contributed by atoms with Crippen molar-refractivity contribution < 1.29 is 23.9 Å². The summed E-state index contributed by atoms with van der Waals surface area (Å²) in [5.41, 5.74) is 0.772. The summed E-state index contributed by atoms with van der Waals surface area (Å²) >= 11 is 25.0. The smallest absolute Gasteiger partial charge is 0.341 e. The molecular formula is C24H20Cl4N2O5S. The van der Waals surface area contributed by atoms with Crippen LogP contribution in [0, 0.1) is 6.92 Å². The minimum absolute atomic E-state index is 0.0994. The molecule has 0 unspecified atom stereocenters. The molecule has 190 valence electrons. The van der Waals surface area contributed by atoms with Gasteiger partial charge < -0.3 is 20.1 Å². The van der Waals surface area contributed by atoms with Crippen molar-refractivity contribution in [1.29, 1.82) is 0 Å². The largest absolute Gasteiger partial charge is 0.492 e. The van der Waals surface area contributed by atoms with Crippen LogP contribution in [0.25, 0.3) is 0 Å². The van der Waals surface area contributed by atoms with Crippen LogP contribution in [0.4, 0.5) is 10.7 Å². The molecule has 3 rings (SSSR count). The van der Waals surface area contributed by atoms with Crippen molar-refractivity contribution in [3.05, 3.63) is 72.5 Å². The number of hydrogen-bond donors (Lipinski definition) is 2. The third-order valence-corrected chi connectivity index (χ3v) is 7.17. The van der Waals surface area contributed by atoms with E-state index in [1.54, 1.807) is 37.3 Å². The van der Waals surface area contributed by atoms with Crippen molar-refractivity contribution in [3.63, 3.8) is 0 Å². The lowest BCUT2D eigenvalue weighted by molar-refractivity contribution is -0.116. The van der Waals surface area contributed by atoms with Crippen molar-refractivity contribution in [3.8, 4) is 5.75 Å². The molecule has 3 aromatic rings. The van der Waals surface area contributed by atoms with Gasteiger partial charge in [-0.2, -0.15) is 0 Å². The maximum atomic E-state index is 13.0. The van der Waals surface area contributed by atoms with Crippen molar-refractivity contribution in [2.24, 2.45) is 0 Å². The van der Waals surface area contributed by atoms with Crippen molar-refractivity contribution in [1.82, 2.24) is 0 Å². The van der Waals surface area contributed by atoms with Crippen molar-refractivity contribution in [2.75, 3.05) is 24.4 Å². The summed E-state index contributed by atoms with van der Waals surface area (Å²) in [6.07, 6.45) is 0.478. The van der Waals surface area contributed by atoms with Gasteiger partial charge in [0.2, 0.25) is 5.91 Å². The molecule has 0 aliphatic carbocycles. The number of esters is 1. The lowest BCUT2D eigenvalue weighted by Crippen LogP contribution is -2.15. The molecule has 0 saturated carbocycles. The quantitative estimate of drug-likeness (QED) is 0.199. The molecule has 2 aromatic carbocycles. The Kier molecular flexibility index (Phi) is 9.87. The number of ether oxygens (including phenoxy) is 2. The highest BCUT2D eigenvalue weighted by Crippen LogP contribution is 2.35. The molecule has 1 heterocycles. The molecular weight excluding hydrogens is 570 g/mol. The highest BCUT2D eigenvalue weighted by atomic mass is 35.5. The second kappa shape index (κ2) is 12.7. The summed E-state index contributed by atoms with van der Waals surface area (Å²) in [5.74, 6) is -1.10. The first-order chi connectivity index (χ1) is 17.1. The Labute approximate surface area is 231 Å². The zero-order chi connectivity index (χ0) is 26.4. The Morgan fingerprint density at radius 3 is 2.33 bits per heavy atom. The minimum Gasteiger partial charge on any atom is -0.492 e. The summed E-state index contributed by atoms with van der Waals surface area (Å²) in [4.78, 5) is 38.2. The maximum absolute atomic E-state index is 13.0. The Hall–Kier alpha value is -2.49. The monoisotopic (exact) mass is 588 g/mol. The number of carbonyl (C=O) groups is 3. The molecule has 1 aromatic heterocycles. The predicted octanol–water partition coefficient (Wildman–Crippen LogP) is 7.51. The summed E-state index contributed by atoms with van der Waals surface area (Å²) < 4.78 is 10.4. The van der Waals surface area contributed by atoms with E-state index >= 15 is 0 Å². The second-order valence-electron chi connectivity index (χ2n) is 7.41. The molecule has 36 heavy (non-hydrogen) atoms. The Morgan fingerprint density at radius 2 is 1.64 bits per heavy atom. The lowest BCUT2D eigenvalue weighted by atomic mass is 10.1. The second-order valence-corrected chi connectivity index (χ2v) is 10.1. The topological polar surface area (TPSA) is 93.7 Å². The van der Waals surface area contributed by atoms with Crippen molar-refractivity contribution >= 4 is 86.2 Å². The van der Waals surface area contributed by atoms with Gasteiger partial charge in [-0.05, 0) is 55.3 Å². The van der Waals surface area contributed by atoms with Crippen LogP contribution in [0.2, 0.25) is 20.1 Å². The van der Waals surface area contributed by atoms with E-state index in [2.05, 4.69) is 10.6 Å². The van der Waals surface area contributed by atoms with Gasteiger partial charge in [0.1, 0.15) is 10.8 Å². The minimum atomic E-state index is -0.681. The molecule has 0 bridgehead atoms. The molecule has 12 heteroatoms. The molecule has 7 nitrogen and oxygen atoms in total. The van der Waals surface area contributed by atoms with E-state index < -0.39 is 11.9 Å². The van der Waals surface area contributed by atoms with E-state index in [9.17, 15) is 14.4 Å². The van der Waals surface area contributed by atoms with E-state index in [1.807, 2.05) is 0 Å². The summed E-state index contributed by atoms with van der Waals surface area (Å²) in [6.45, 7) is 1.83. The van der Waals surface area contributed by atoms with Crippen LogP contribution >= 0.6 is 57.7 Å². The zero-order valence-corrected chi connectivity index (χ0v) is 22.9. The number of thiophene rings is 1. The summed E-state index contributed by atoms with van der Waals surface area (Å²) in [5, 5.41) is 7.12. The Bertz CT molecular complexity index is 1310. The standard InChI is InChI=1S/C24H20Cl4N2O5S/c1-12-20(24(33)34-2)23(36-21(12)22(32)29-17-11-14(26)5-7-15(17)27)30-19(31)4-3-9-35-18-8-6-13(25)10-16(18)28/h5-8,10-11H,3-4,9H2,1-2H3,(H,29,32)(H,30,31). The fourth-order valence-corrected chi connectivity index (χ4v) is 5.04.